The molecule has 1 fully saturated rings. The number of rotatable bonds is 9. The second kappa shape index (κ2) is 10.4. The van der Waals surface area contributed by atoms with Gasteiger partial charge in [-0.1, -0.05) is 25.0 Å². The van der Waals surface area contributed by atoms with E-state index >= 15 is 0 Å². The zero-order valence-corrected chi connectivity index (χ0v) is 16.3. The third kappa shape index (κ3) is 6.95. The summed E-state index contributed by atoms with van der Waals surface area (Å²) in [4.78, 5) is 22.5. The molecular formula is C19H28N2O5S. The average molecular weight is 397 g/mol. The van der Waals surface area contributed by atoms with Crippen molar-refractivity contribution in [3.63, 3.8) is 0 Å². The van der Waals surface area contributed by atoms with Crippen LogP contribution >= 0.6 is 0 Å². The van der Waals surface area contributed by atoms with Crippen molar-refractivity contribution in [1.29, 1.82) is 0 Å². The second-order valence-corrected chi connectivity index (χ2v) is 8.75. The van der Waals surface area contributed by atoms with E-state index in [1.165, 1.54) is 0 Å². The van der Waals surface area contributed by atoms with E-state index in [4.69, 9.17) is 5.11 Å². The molecule has 7 nitrogen and oxygen atoms in total. The van der Waals surface area contributed by atoms with Crippen LogP contribution in [0.4, 0.5) is 0 Å². The number of carboxylic acids is 1. The van der Waals surface area contributed by atoms with Gasteiger partial charge in [0.25, 0.3) is 0 Å². The zero-order valence-electron chi connectivity index (χ0n) is 15.5. The van der Waals surface area contributed by atoms with Crippen LogP contribution in [0.1, 0.15) is 50.5 Å². The van der Waals surface area contributed by atoms with E-state index in [0.717, 1.165) is 31.2 Å². The summed E-state index contributed by atoms with van der Waals surface area (Å²) >= 11 is 0. The molecule has 0 atom stereocenters. The third-order valence-electron chi connectivity index (χ3n) is 4.66. The van der Waals surface area contributed by atoms with Crippen LogP contribution in [0.25, 0.3) is 0 Å². The van der Waals surface area contributed by atoms with Gasteiger partial charge in [0, 0.05) is 32.5 Å². The van der Waals surface area contributed by atoms with Crippen molar-refractivity contribution in [2.75, 3.05) is 19.6 Å². The fourth-order valence-corrected chi connectivity index (χ4v) is 4.59. The molecule has 0 saturated carbocycles. The van der Waals surface area contributed by atoms with Crippen LogP contribution < -0.4 is 5.32 Å². The summed E-state index contributed by atoms with van der Waals surface area (Å²) < 4.78 is 27.0. The Bertz CT molecular complexity index is 723. The Kier molecular flexibility index (Phi) is 8.24. The lowest BCUT2D eigenvalue weighted by atomic mass is 10.1. The molecule has 1 aliphatic heterocycles. The Balaban J connectivity index is 1.83. The fourth-order valence-electron chi connectivity index (χ4n) is 3.07. The number of sulfonamides is 1. The molecule has 27 heavy (non-hydrogen) atoms. The summed E-state index contributed by atoms with van der Waals surface area (Å²) in [6, 6.07) is 6.73. The Morgan fingerprint density at radius 2 is 1.63 bits per heavy atom. The Morgan fingerprint density at radius 3 is 2.22 bits per heavy atom. The minimum Gasteiger partial charge on any atom is -0.481 e. The van der Waals surface area contributed by atoms with Gasteiger partial charge in [-0.2, -0.15) is 4.31 Å². The van der Waals surface area contributed by atoms with E-state index in [9.17, 15) is 18.0 Å². The van der Waals surface area contributed by atoms with Crippen molar-refractivity contribution in [2.45, 2.75) is 56.3 Å². The molecule has 1 aromatic carbocycles. The standard InChI is InChI=1S/C19H28N2O5S/c22-18(20-13-5-6-19(23)24)12-9-16-7-10-17(11-8-16)27(25,26)21-14-3-1-2-4-15-21/h7-8,10-11H,1-6,9,12-15H2,(H,20,22)(H,23,24). The first kappa shape index (κ1) is 21.4. The fraction of sp³-hybridized carbons (Fsp3) is 0.579. The second-order valence-electron chi connectivity index (χ2n) is 6.81. The van der Waals surface area contributed by atoms with Crippen molar-refractivity contribution in [2.24, 2.45) is 0 Å². The minimum atomic E-state index is -3.45. The predicted molar refractivity (Wildman–Crippen MR) is 102 cm³/mol. The highest BCUT2D eigenvalue weighted by Gasteiger charge is 2.24. The van der Waals surface area contributed by atoms with Crippen LogP contribution in [0.15, 0.2) is 29.2 Å². The Morgan fingerprint density at radius 1 is 1.00 bits per heavy atom. The number of hydrogen-bond donors (Lipinski definition) is 2. The lowest BCUT2D eigenvalue weighted by Crippen LogP contribution is -2.31. The molecule has 0 bridgehead atoms. The van der Waals surface area contributed by atoms with Crippen molar-refractivity contribution < 1.29 is 23.1 Å². The molecule has 1 heterocycles. The third-order valence-corrected chi connectivity index (χ3v) is 6.57. The monoisotopic (exact) mass is 396 g/mol. The highest BCUT2D eigenvalue weighted by atomic mass is 32.2. The van der Waals surface area contributed by atoms with Gasteiger partial charge in [0.1, 0.15) is 0 Å². The molecule has 1 aliphatic rings. The minimum absolute atomic E-state index is 0.0350. The summed E-state index contributed by atoms with van der Waals surface area (Å²) in [5, 5.41) is 11.2. The van der Waals surface area contributed by atoms with Gasteiger partial charge >= 0.3 is 5.97 Å². The summed E-state index contributed by atoms with van der Waals surface area (Å²) in [6.45, 7) is 1.50. The molecule has 150 valence electrons. The van der Waals surface area contributed by atoms with E-state index < -0.39 is 16.0 Å². The van der Waals surface area contributed by atoms with E-state index in [1.54, 1.807) is 28.6 Å². The van der Waals surface area contributed by atoms with Gasteiger partial charge in [0.15, 0.2) is 0 Å². The van der Waals surface area contributed by atoms with Crippen LogP contribution in [0.3, 0.4) is 0 Å². The van der Waals surface area contributed by atoms with Crippen molar-refractivity contribution in [1.82, 2.24) is 9.62 Å². The predicted octanol–water partition coefficient (Wildman–Crippen LogP) is 2.16. The Hall–Kier alpha value is -1.93. The average Bonchev–Trinajstić information content (AvgIpc) is 2.94. The van der Waals surface area contributed by atoms with E-state index in [1.807, 2.05) is 0 Å². The van der Waals surface area contributed by atoms with Gasteiger partial charge in [0.2, 0.25) is 15.9 Å². The van der Waals surface area contributed by atoms with Crippen LogP contribution in [-0.2, 0) is 26.0 Å². The maximum Gasteiger partial charge on any atom is 0.303 e. The number of carbonyl (C=O) groups is 2. The van der Waals surface area contributed by atoms with Crippen LogP contribution in [0.2, 0.25) is 0 Å². The number of nitrogens with zero attached hydrogens (tertiary/aromatic N) is 1. The van der Waals surface area contributed by atoms with E-state index in [-0.39, 0.29) is 18.7 Å². The van der Waals surface area contributed by atoms with Gasteiger partial charge in [0.05, 0.1) is 4.90 Å². The molecule has 0 unspecified atom stereocenters. The highest BCUT2D eigenvalue weighted by Crippen LogP contribution is 2.21. The molecule has 0 aromatic heterocycles. The number of carbonyl (C=O) groups excluding carboxylic acids is 1. The van der Waals surface area contributed by atoms with Gasteiger partial charge < -0.3 is 10.4 Å². The van der Waals surface area contributed by atoms with E-state index in [2.05, 4.69) is 5.32 Å². The first-order valence-electron chi connectivity index (χ1n) is 9.47. The topological polar surface area (TPSA) is 104 Å². The molecular weight excluding hydrogens is 368 g/mol. The summed E-state index contributed by atoms with van der Waals surface area (Å²) in [7, 11) is -3.45. The number of aryl methyl sites for hydroxylation is 1. The number of amides is 1. The van der Waals surface area contributed by atoms with Gasteiger partial charge in [-0.3, -0.25) is 9.59 Å². The number of benzene rings is 1. The summed E-state index contributed by atoms with van der Waals surface area (Å²) in [5.41, 5.74) is 0.894. The van der Waals surface area contributed by atoms with Crippen molar-refractivity contribution >= 4 is 21.9 Å². The molecule has 0 radical (unpaired) electrons. The maximum atomic E-state index is 12.7. The summed E-state index contributed by atoms with van der Waals surface area (Å²) in [5.74, 6) is -1.01. The smallest absolute Gasteiger partial charge is 0.303 e. The quantitative estimate of drug-likeness (QED) is 0.623. The highest BCUT2D eigenvalue weighted by molar-refractivity contribution is 7.89. The number of nitrogens with one attached hydrogen (secondary N) is 1. The number of aliphatic carboxylic acids is 1. The van der Waals surface area contributed by atoms with Crippen LogP contribution in [-0.4, -0.2) is 49.3 Å². The number of carboxylic acid groups (broad SMARTS) is 1. The first-order valence-corrected chi connectivity index (χ1v) is 10.9. The molecule has 0 spiro atoms. The molecule has 8 heteroatoms. The van der Waals surface area contributed by atoms with Gasteiger partial charge in [-0.25, -0.2) is 8.42 Å². The van der Waals surface area contributed by atoms with Gasteiger partial charge in [-0.05, 0) is 43.4 Å². The van der Waals surface area contributed by atoms with Crippen LogP contribution in [0, 0.1) is 0 Å². The molecule has 2 rings (SSSR count). The lowest BCUT2D eigenvalue weighted by Gasteiger charge is -2.20. The number of hydrogen-bond acceptors (Lipinski definition) is 4. The largest absolute Gasteiger partial charge is 0.481 e. The maximum absolute atomic E-state index is 12.7. The van der Waals surface area contributed by atoms with E-state index in [0.29, 0.717) is 37.4 Å². The molecule has 1 saturated heterocycles. The van der Waals surface area contributed by atoms with Gasteiger partial charge in [-0.15, -0.1) is 0 Å². The van der Waals surface area contributed by atoms with Crippen molar-refractivity contribution in [3.05, 3.63) is 29.8 Å². The summed E-state index contributed by atoms with van der Waals surface area (Å²) in [6.07, 6.45) is 5.18. The lowest BCUT2D eigenvalue weighted by molar-refractivity contribution is -0.137. The normalized spacial score (nSPS) is 15.9. The SMILES string of the molecule is O=C(O)CCCNC(=O)CCc1ccc(S(=O)(=O)N2CCCCCC2)cc1. The van der Waals surface area contributed by atoms with Crippen LogP contribution in [0.5, 0.6) is 0 Å². The molecule has 0 aliphatic carbocycles. The molecule has 1 amide bonds. The molecule has 2 N–H and O–H groups in total. The Labute approximate surface area is 160 Å². The van der Waals surface area contributed by atoms with Crippen molar-refractivity contribution in [3.8, 4) is 0 Å². The molecule has 1 aromatic rings. The first-order chi connectivity index (χ1) is 12.9. The zero-order chi connectivity index (χ0) is 19.7.